The molecular formula is C20H19NO. The molecule has 2 nitrogen and oxygen atoms in total. The van der Waals surface area contributed by atoms with Crippen LogP contribution in [-0.4, -0.2) is 19.9 Å². The van der Waals surface area contributed by atoms with E-state index in [0.29, 0.717) is 6.42 Å². The van der Waals surface area contributed by atoms with Crippen LogP contribution in [-0.2, 0) is 6.42 Å². The number of anilines is 1. The van der Waals surface area contributed by atoms with Gasteiger partial charge in [-0.05, 0) is 17.0 Å². The fraction of sp³-hybridized carbons (Fsp3) is 0.150. The van der Waals surface area contributed by atoms with E-state index >= 15 is 0 Å². The quantitative estimate of drug-likeness (QED) is 0.666. The highest BCUT2D eigenvalue weighted by Crippen LogP contribution is 2.29. The highest BCUT2D eigenvalue weighted by Gasteiger charge is 2.14. The number of carbonyl (C=O) groups is 1. The first-order chi connectivity index (χ1) is 10.7. The molecule has 2 heteroatoms. The van der Waals surface area contributed by atoms with Gasteiger partial charge in [0.15, 0.2) is 5.78 Å². The second-order valence-electron chi connectivity index (χ2n) is 5.66. The Morgan fingerprint density at radius 3 is 2.23 bits per heavy atom. The van der Waals surface area contributed by atoms with Crippen LogP contribution in [0.15, 0.2) is 66.7 Å². The molecule has 0 aromatic heterocycles. The van der Waals surface area contributed by atoms with Crippen molar-refractivity contribution in [3.05, 3.63) is 77.9 Å². The van der Waals surface area contributed by atoms with E-state index in [-0.39, 0.29) is 5.78 Å². The third kappa shape index (κ3) is 2.73. The first kappa shape index (κ1) is 14.3. The highest BCUT2D eigenvalue weighted by molar-refractivity contribution is 6.13. The minimum Gasteiger partial charge on any atom is -0.377 e. The Labute approximate surface area is 131 Å². The third-order valence-electron chi connectivity index (χ3n) is 3.87. The summed E-state index contributed by atoms with van der Waals surface area (Å²) in [6.07, 6.45) is 0.432. The lowest BCUT2D eigenvalue weighted by atomic mass is 9.96. The Balaban J connectivity index is 2.08. The zero-order valence-electron chi connectivity index (χ0n) is 12.9. The van der Waals surface area contributed by atoms with E-state index in [4.69, 9.17) is 0 Å². The summed E-state index contributed by atoms with van der Waals surface area (Å²) in [6.45, 7) is 0. The monoisotopic (exact) mass is 289 g/mol. The van der Waals surface area contributed by atoms with Crippen LogP contribution in [0, 0.1) is 0 Å². The van der Waals surface area contributed by atoms with Gasteiger partial charge in [0.1, 0.15) is 0 Å². The standard InChI is InChI=1S/C20H19NO/c1-21(2)18-13-7-11-16-10-6-12-17(20(16)18)19(22)14-15-8-4-3-5-9-15/h3-13H,14H2,1-2H3. The molecule has 0 atom stereocenters. The molecule has 3 aromatic rings. The Bertz CT molecular complexity index is 801. The van der Waals surface area contributed by atoms with E-state index in [1.165, 1.54) is 0 Å². The second kappa shape index (κ2) is 6.02. The zero-order valence-corrected chi connectivity index (χ0v) is 12.9. The average Bonchev–Trinajstić information content (AvgIpc) is 2.54. The maximum absolute atomic E-state index is 12.8. The minimum atomic E-state index is 0.158. The van der Waals surface area contributed by atoms with Gasteiger partial charge in [-0.1, -0.05) is 60.7 Å². The molecule has 0 spiro atoms. The van der Waals surface area contributed by atoms with Crippen LogP contribution in [0.5, 0.6) is 0 Å². The van der Waals surface area contributed by atoms with E-state index < -0.39 is 0 Å². The molecule has 0 N–H and O–H groups in total. The number of carbonyl (C=O) groups excluding carboxylic acids is 1. The lowest BCUT2D eigenvalue weighted by molar-refractivity contribution is 0.0994. The maximum Gasteiger partial charge on any atom is 0.167 e. The number of rotatable bonds is 4. The fourth-order valence-electron chi connectivity index (χ4n) is 2.80. The van der Waals surface area contributed by atoms with Crippen molar-refractivity contribution in [3.63, 3.8) is 0 Å². The van der Waals surface area contributed by atoms with Gasteiger partial charge >= 0.3 is 0 Å². The van der Waals surface area contributed by atoms with Crippen LogP contribution in [0.4, 0.5) is 5.69 Å². The topological polar surface area (TPSA) is 20.3 Å². The average molecular weight is 289 g/mol. The van der Waals surface area contributed by atoms with Crippen molar-refractivity contribution in [3.8, 4) is 0 Å². The van der Waals surface area contributed by atoms with Crippen molar-refractivity contribution in [2.45, 2.75) is 6.42 Å². The van der Waals surface area contributed by atoms with E-state index in [2.05, 4.69) is 23.1 Å². The first-order valence-corrected chi connectivity index (χ1v) is 7.43. The van der Waals surface area contributed by atoms with Crippen molar-refractivity contribution < 1.29 is 4.79 Å². The summed E-state index contributed by atoms with van der Waals surface area (Å²) in [5.41, 5.74) is 2.92. The van der Waals surface area contributed by atoms with Gasteiger partial charge in [-0.2, -0.15) is 0 Å². The predicted octanol–water partition coefficient (Wildman–Crippen LogP) is 4.33. The van der Waals surface area contributed by atoms with Crippen molar-refractivity contribution >= 4 is 22.2 Å². The van der Waals surface area contributed by atoms with Crippen LogP contribution in [0.3, 0.4) is 0 Å². The summed E-state index contributed by atoms with van der Waals surface area (Å²) in [5, 5.41) is 2.14. The van der Waals surface area contributed by atoms with E-state index in [1.807, 2.05) is 62.6 Å². The van der Waals surface area contributed by atoms with Gasteiger partial charge in [0.05, 0.1) is 0 Å². The predicted molar refractivity (Wildman–Crippen MR) is 92.8 cm³/mol. The van der Waals surface area contributed by atoms with Crippen molar-refractivity contribution in [1.82, 2.24) is 0 Å². The van der Waals surface area contributed by atoms with E-state index in [9.17, 15) is 4.79 Å². The summed E-state index contributed by atoms with van der Waals surface area (Å²) in [7, 11) is 4.01. The van der Waals surface area contributed by atoms with Crippen LogP contribution in [0.1, 0.15) is 15.9 Å². The smallest absolute Gasteiger partial charge is 0.167 e. The molecule has 0 aliphatic heterocycles. The molecule has 0 heterocycles. The van der Waals surface area contributed by atoms with Crippen LogP contribution in [0.2, 0.25) is 0 Å². The van der Waals surface area contributed by atoms with Crippen molar-refractivity contribution in [2.24, 2.45) is 0 Å². The normalized spacial score (nSPS) is 10.6. The third-order valence-corrected chi connectivity index (χ3v) is 3.87. The lowest BCUT2D eigenvalue weighted by Crippen LogP contribution is -2.11. The minimum absolute atomic E-state index is 0.158. The molecule has 0 saturated carbocycles. The first-order valence-electron chi connectivity index (χ1n) is 7.43. The van der Waals surface area contributed by atoms with Gasteiger partial charge in [0.25, 0.3) is 0 Å². The summed E-state index contributed by atoms with van der Waals surface area (Å²) in [5.74, 6) is 0.158. The Hall–Kier alpha value is -2.61. The molecule has 0 radical (unpaired) electrons. The summed E-state index contributed by atoms with van der Waals surface area (Å²) in [4.78, 5) is 14.8. The van der Waals surface area contributed by atoms with E-state index in [1.54, 1.807) is 0 Å². The molecule has 22 heavy (non-hydrogen) atoms. The number of ketones is 1. The molecular weight excluding hydrogens is 270 g/mol. The van der Waals surface area contributed by atoms with Crippen molar-refractivity contribution in [2.75, 3.05) is 19.0 Å². The van der Waals surface area contributed by atoms with Gasteiger partial charge < -0.3 is 4.90 Å². The molecule has 3 rings (SSSR count). The largest absolute Gasteiger partial charge is 0.377 e. The summed E-state index contributed by atoms with van der Waals surface area (Å²) in [6, 6.07) is 22.0. The number of hydrogen-bond acceptors (Lipinski definition) is 2. The van der Waals surface area contributed by atoms with Gasteiger partial charge in [-0.25, -0.2) is 0 Å². The van der Waals surface area contributed by atoms with Gasteiger partial charge in [0.2, 0.25) is 0 Å². The van der Waals surface area contributed by atoms with Gasteiger partial charge in [0, 0.05) is 37.2 Å². The number of Topliss-reactive ketones (excluding diaryl/α,β-unsaturated/α-hetero) is 1. The molecule has 0 bridgehead atoms. The number of benzene rings is 3. The molecule has 0 saturated heterocycles. The van der Waals surface area contributed by atoms with Crippen LogP contribution in [0.25, 0.3) is 10.8 Å². The highest BCUT2D eigenvalue weighted by atomic mass is 16.1. The Morgan fingerprint density at radius 1 is 0.864 bits per heavy atom. The molecule has 0 unspecified atom stereocenters. The van der Waals surface area contributed by atoms with Gasteiger partial charge in [-0.3, -0.25) is 4.79 Å². The molecule has 110 valence electrons. The molecule has 3 aromatic carbocycles. The fourth-order valence-corrected chi connectivity index (χ4v) is 2.80. The maximum atomic E-state index is 12.8. The van der Waals surface area contributed by atoms with Crippen molar-refractivity contribution in [1.29, 1.82) is 0 Å². The van der Waals surface area contributed by atoms with Crippen LogP contribution < -0.4 is 4.90 Å². The van der Waals surface area contributed by atoms with Gasteiger partial charge in [-0.15, -0.1) is 0 Å². The Kier molecular flexibility index (Phi) is 3.92. The SMILES string of the molecule is CN(C)c1cccc2cccc(C(=O)Cc3ccccc3)c12. The van der Waals surface area contributed by atoms with E-state index in [0.717, 1.165) is 27.6 Å². The van der Waals surface area contributed by atoms with Crippen LogP contribution >= 0.6 is 0 Å². The lowest BCUT2D eigenvalue weighted by Gasteiger charge is -2.17. The number of nitrogens with zero attached hydrogens (tertiary/aromatic N) is 1. The molecule has 0 aliphatic rings. The number of hydrogen-bond donors (Lipinski definition) is 0. The number of fused-ring (bicyclic) bond motifs is 1. The zero-order chi connectivity index (χ0) is 15.5. The summed E-state index contributed by atoms with van der Waals surface area (Å²) >= 11 is 0. The molecule has 0 fully saturated rings. The summed E-state index contributed by atoms with van der Waals surface area (Å²) < 4.78 is 0. The molecule has 0 amide bonds. The Morgan fingerprint density at radius 2 is 1.55 bits per heavy atom. The second-order valence-corrected chi connectivity index (χ2v) is 5.66. The molecule has 0 aliphatic carbocycles.